The van der Waals surface area contributed by atoms with Crippen LogP contribution in [-0.2, 0) is 4.79 Å². The lowest BCUT2D eigenvalue weighted by Crippen LogP contribution is -2.25. The summed E-state index contributed by atoms with van der Waals surface area (Å²) in [5.41, 5.74) is 2.67. The maximum absolute atomic E-state index is 13.3. The molecular weight excluding hydrogens is 406 g/mol. The van der Waals surface area contributed by atoms with E-state index in [-0.39, 0.29) is 5.91 Å². The minimum Gasteiger partial charge on any atom is -0.349 e. The van der Waals surface area contributed by atoms with Gasteiger partial charge in [0.05, 0.1) is 0 Å². The summed E-state index contributed by atoms with van der Waals surface area (Å²) in [7, 11) is 0. The van der Waals surface area contributed by atoms with Gasteiger partial charge in [0, 0.05) is 38.7 Å². The summed E-state index contributed by atoms with van der Waals surface area (Å²) in [5.74, 6) is -1.12. The van der Waals surface area contributed by atoms with Crippen LogP contribution in [0.1, 0.15) is 33.6 Å². The predicted molar refractivity (Wildman–Crippen MR) is 116 cm³/mol. The van der Waals surface area contributed by atoms with Gasteiger partial charge in [0.1, 0.15) is 11.6 Å². The molecule has 2 N–H and O–H groups in total. The Morgan fingerprint density at radius 2 is 1.83 bits per heavy atom. The smallest absolute Gasteiger partial charge is 0.251 e. The van der Waals surface area contributed by atoms with E-state index in [9.17, 15) is 18.4 Å². The molecule has 2 amide bonds. The summed E-state index contributed by atoms with van der Waals surface area (Å²) >= 11 is 1.50. The van der Waals surface area contributed by atoms with Crippen molar-refractivity contribution in [1.29, 1.82) is 0 Å². The highest BCUT2D eigenvalue weighted by atomic mass is 32.1. The number of rotatable bonds is 5. The van der Waals surface area contributed by atoms with Crippen molar-refractivity contribution in [2.24, 2.45) is 0 Å². The van der Waals surface area contributed by atoms with Crippen LogP contribution in [0.3, 0.4) is 0 Å². The van der Waals surface area contributed by atoms with Gasteiger partial charge in [0.2, 0.25) is 6.41 Å². The summed E-state index contributed by atoms with van der Waals surface area (Å²) in [6.45, 7) is 3.84. The quantitative estimate of drug-likeness (QED) is 0.531. The molecule has 0 unspecified atom stereocenters. The third kappa shape index (κ3) is 5.73. The van der Waals surface area contributed by atoms with E-state index in [1.165, 1.54) is 23.5 Å². The highest BCUT2D eigenvalue weighted by Gasteiger charge is 2.23. The van der Waals surface area contributed by atoms with Crippen LogP contribution in [0.25, 0.3) is 10.4 Å². The highest BCUT2D eigenvalue weighted by Crippen LogP contribution is 2.29. The van der Waals surface area contributed by atoms with Crippen molar-refractivity contribution in [2.45, 2.75) is 32.7 Å². The first-order chi connectivity index (χ1) is 14.4. The molecule has 0 spiro atoms. The van der Waals surface area contributed by atoms with E-state index >= 15 is 0 Å². The zero-order valence-corrected chi connectivity index (χ0v) is 17.5. The molecule has 1 aliphatic rings. The Morgan fingerprint density at radius 3 is 2.43 bits per heavy atom. The molecule has 7 heteroatoms. The molecule has 0 atom stereocenters. The number of carbonyl (C=O) groups is 2. The number of nitrogens with one attached hydrogen (secondary N) is 2. The molecule has 1 aliphatic carbocycles. The van der Waals surface area contributed by atoms with Gasteiger partial charge in [-0.3, -0.25) is 9.59 Å². The number of amides is 2. The SMILES string of the molecule is Cc1ccc(-c2ccc(F)cc2F)s1.Cc1ccc(C(=O)NC2CC2)cc1NC=O. The second kappa shape index (κ2) is 9.63. The van der Waals surface area contributed by atoms with E-state index in [2.05, 4.69) is 10.6 Å². The van der Waals surface area contributed by atoms with Crippen LogP contribution in [0.5, 0.6) is 0 Å². The number of thiophene rings is 1. The summed E-state index contributed by atoms with van der Waals surface area (Å²) in [6, 6.07) is 13.0. The van der Waals surface area contributed by atoms with Gasteiger partial charge in [-0.1, -0.05) is 6.07 Å². The van der Waals surface area contributed by atoms with Crippen molar-refractivity contribution < 1.29 is 18.4 Å². The van der Waals surface area contributed by atoms with Crippen molar-refractivity contribution in [2.75, 3.05) is 5.32 Å². The molecule has 1 aromatic heterocycles. The average molecular weight is 429 g/mol. The largest absolute Gasteiger partial charge is 0.349 e. The number of carbonyl (C=O) groups excluding carboxylic acids is 2. The van der Waals surface area contributed by atoms with Crippen molar-refractivity contribution in [3.05, 3.63) is 76.2 Å². The zero-order valence-electron chi connectivity index (χ0n) is 16.7. The number of halogens is 2. The van der Waals surface area contributed by atoms with Crippen molar-refractivity contribution >= 4 is 29.3 Å². The van der Waals surface area contributed by atoms with Gasteiger partial charge in [0.15, 0.2) is 0 Å². The van der Waals surface area contributed by atoms with Crippen LogP contribution in [-0.4, -0.2) is 18.4 Å². The summed E-state index contributed by atoms with van der Waals surface area (Å²) in [4.78, 5) is 24.1. The fourth-order valence-electron chi connectivity index (χ4n) is 2.75. The average Bonchev–Trinajstić information content (AvgIpc) is 3.42. The molecule has 2 aromatic carbocycles. The molecule has 0 radical (unpaired) electrons. The topological polar surface area (TPSA) is 58.2 Å². The number of benzene rings is 2. The van der Waals surface area contributed by atoms with E-state index in [0.717, 1.165) is 34.2 Å². The van der Waals surface area contributed by atoms with Gasteiger partial charge in [0.25, 0.3) is 5.91 Å². The van der Waals surface area contributed by atoms with E-state index in [1.807, 2.05) is 32.0 Å². The number of anilines is 1. The first kappa shape index (κ1) is 21.6. The first-order valence-electron chi connectivity index (χ1n) is 9.51. The first-order valence-corrected chi connectivity index (χ1v) is 10.3. The second-order valence-corrected chi connectivity index (χ2v) is 8.36. The van der Waals surface area contributed by atoms with Gasteiger partial charge in [-0.15, -0.1) is 11.3 Å². The minimum absolute atomic E-state index is 0.0727. The van der Waals surface area contributed by atoms with Crippen LogP contribution in [0.2, 0.25) is 0 Å². The highest BCUT2D eigenvalue weighted by molar-refractivity contribution is 7.15. The Balaban J connectivity index is 0.000000172. The normalized spacial score (nSPS) is 12.5. The van der Waals surface area contributed by atoms with Gasteiger partial charge >= 0.3 is 0 Å². The maximum atomic E-state index is 13.3. The Labute approximate surface area is 177 Å². The Kier molecular flexibility index (Phi) is 6.95. The Bertz CT molecular complexity index is 1060. The Morgan fingerprint density at radius 1 is 1.07 bits per heavy atom. The fraction of sp³-hybridized carbons (Fsp3) is 0.217. The molecule has 3 aromatic rings. The van der Waals surface area contributed by atoms with E-state index in [0.29, 0.717) is 29.3 Å². The predicted octanol–water partition coefficient (Wildman–Crippen LogP) is 5.46. The van der Waals surface area contributed by atoms with Crippen molar-refractivity contribution in [3.63, 3.8) is 0 Å². The molecule has 4 rings (SSSR count). The number of aryl methyl sites for hydroxylation is 2. The van der Waals surface area contributed by atoms with E-state index in [4.69, 9.17) is 0 Å². The molecule has 30 heavy (non-hydrogen) atoms. The lowest BCUT2D eigenvalue weighted by Gasteiger charge is -2.07. The standard InChI is InChI=1S/C12H14N2O2.C11H8F2S/c1-8-2-3-9(6-11(8)13-7-15)12(16)14-10-4-5-10;1-7-2-5-11(14-7)9-4-3-8(12)6-10(9)13/h2-3,6-7,10H,4-5H2,1H3,(H,13,15)(H,14,16);2-6H,1H3. The molecule has 0 bridgehead atoms. The van der Waals surface area contributed by atoms with E-state index < -0.39 is 11.6 Å². The number of hydrogen-bond acceptors (Lipinski definition) is 3. The maximum Gasteiger partial charge on any atom is 0.251 e. The molecule has 4 nitrogen and oxygen atoms in total. The second-order valence-electron chi connectivity index (χ2n) is 7.07. The van der Waals surface area contributed by atoms with Gasteiger partial charge in [-0.2, -0.15) is 0 Å². The van der Waals surface area contributed by atoms with Crippen LogP contribution in [0.15, 0.2) is 48.5 Å². The van der Waals surface area contributed by atoms with Crippen molar-refractivity contribution in [3.8, 4) is 10.4 Å². The summed E-state index contributed by atoms with van der Waals surface area (Å²) in [6.07, 6.45) is 2.75. The molecule has 0 aliphatic heterocycles. The lowest BCUT2D eigenvalue weighted by atomic mass is 10.1. The van der Waals surface area contributed by atoms with Gasteiger partial charge in [-0.05, 0) is 68.7 Å². The number of hydrogen-bond donors (Lipinski definition) is 2. The molecule has 156 valence electrons. The van der Waals surface area contributed by atoms with Gasteiger partial charge in [-0.25, -0.2) is 8.78 Å². The van der Waals surface area contributed by atoms with Crippen LogP contribution in [0, 0.1) is 25.5 Å². The third-order valence-corrected chi connectivity index (χ3v) is 5.60. The third-order valence-electron chi connectivity index (χ3n) is 4.56. The molecule has 1 saturated carbocycles. The summed E-state index contributed by atoms with van der Waals surface area (Å²) < 4.78 is 25.9. The zero-order chi connectivity index (χ0) is 21.7. The lowest BCUT2D eigenvalue weighted by molar-refractivity contribution is -0.105. The Hall–Kier alpha value is -3.06. The van der Waals surface area contributed by atoms with Crippen LogP contribution < -0.4 is 10.6 Å². The van der Waals surface area contributed by atoms with Crippen molar-refractivity contribution in [1.82, 2.24) is 5.32 Å². The van der Waals surface area contributed by atoms with Crippen LogP contribution >= 0.6 is 11.3 Å². The molecule has 1 fully saturated rings. The monoisotopic (exact) mass is 428 g/mol. The molecule has 1 heterocycles. The molecule has 0 saturated heterocycles. The van der Waals surface area contributed by atoms with Gasteiger partial charge < -0.3 is 10.6 Å². The minimum atomic E-state index is -0.542. The van der Waals surface area contributed by atoms with Crippen LogP contribution in [0.4, 0.5) is 14.5 Å². The fourth-order valence-corrected chi connectivity index (χ4v) is 3.64. The summed E-state index contributed by atoms with van der Waals surface area (Å²) in [5, 5.41) is 5.48. The molecular formula is C23H22F2N2O2S. The van der Waals surface area contributed by atoms with E-state index in [1.54, 1.807) is 12.1 Å².